The Kier molecular flexibility index (Phi) is 3.34. The molecule has 0 saturated carbocycles. The molecule has 1 aromatic rings. The molecule has 4 nitrogen and oxygen atoms in total. The highest BCUT2D eigenvalue weighted by atomic mass is 16.4. The predicted octanol–water partition coefficient (Wildman–Crippen LogP) is 1.54. The van der Waals surface area contributed by atoms with E-state index in [1.165, 1.54) is 11.9 Å². The van der Waals surface area contributed by atoms with E-state index in [-0.39, 0.29) is 5.75 Å². The molecule has 1 rings (SSSR count). The minimum Gasteiger partial charge on any atom is -0.508 e. The molecule has 4 heteroatoms. The minimum absolute atomic E-state index is 0.209. The third-order valence-electron chi connectivity index (χ3n) is 1.97. The zero-order valence-corrected chi connectivity index (χ0v) is 7.97. The fourth-order valence-corrected chi connectivity index (χ4v) is 1.10. The third-order valence-corrected chi connectivity index (χ3v) is 1.97. The molecule has 0 aliphatic rings. The van der Waals surface area contributed by atoms with Gasteiger partial charge in [-0.25, -0.2) is 4.79 Å². The van der Waals surface area contributed by atoms with Gasteiger partial charge in [0.1, 0.15) is 5.75 Å². The lowest BCUT2D eigenvalue weighted by atomic mass is 10.1. The predicted molar refractivity (Wildman–Crippen MR) is 52.5 cm³/mol. The molecular formula is C10H13NO3. The number of phenols is 1. The summed E-state index contributed by atoms with van der Waals surface area (Å²) in [5.41, 5.74) is 0.929. The topological polar surface area (TPSA) is 60.8 Å². The van der Waals surface area contributed by atoms with Gasteiger partial charge in [0.05, 0.1) is 0 Å². The second-order valence-electron chi connectivity index (χ2n) is 3.12. The number of hydrogen-bond donors (Lipinski definition) is 2. The molecule has 0 saturated heterocycles. The molecule has 0 atom stereocenters. The number of aromatic hydroxyl groups is 1. The van der Waals surface area contributed by atoms with E-state index in [1.54, 1.807) is 18.2 Å². The van der Waals surface area contributed by atoms with Crippen LogP contribution in [0.5, 0.6) is 5.75 Å². The van der Waals surface area contributed by atoms with E-state index < -0.39 is 6.09 Å². The Morgan fingerprint density at radius 3 is 2.79 bits per heavy atom. The molecule has 0 spiro atoms. The fraction of sp³-hybridized carbons (Fsp3) is 0.300. The van der Waals surface area contributed by atoms with Crippen LogP contribution in [0.15, 0.2) is 24.3 Å². The van der Waals surface area contributed by atoms with Gasteiger partial charge in [-0.1, -0.05) is 12.1 Å². The van der Waals surface area contributed by atoms with Gasteiger partial charge in [-0.05, 0) is 24.1 Å². The van der Waals surface area contributed by atoms with Gasteiger partial charge in [0.25, 0.3) is 0 Å². The van der Waals surface area contributed by atoms with Crippen LogP contribution in [-0.2, 0) is 6.42 Å². The van der Waals surface area contributed by atoms with Crippen molar-refractivity contribution >= 4 is 6.09 Å². The number of likely N-dealkylation sites (N-methyl/N-ethyl adjacent to an activating group) is 1. The van der Waals surface area contributed by atoms with Crippen LogP contribution < -0.4 is 0 Å². The number of carbonyl (C=O) groups is 1. The number of rotatable bonds is 3. The van der Waals surface area contributed by atoms with Crippen LogP contribution in [0.1, 0.15) is 5.56 Å². The van der Waals surface area contributed by atoms with E-state index in [2.05, 4.69) is 0 Å². The number of phenolic OH excluding ortho intramolecular Hbond substituents is 1. The molecule has 0 aromatic heterocycles. The lowest BCUT2D eigenvalue weighted by Gasteiger charge is -2.12. The maximum absolute atomic E-state index is 10.5. The number of nitrogens with zero attached hydrogens (tertiary/aromatic N) is 1. The van der Waals surface area contributed by atoms with Crippen LogP contribution in [0.2, 0.25) is 0 Å². The van der Waals surface area contributed by atoms with Gasteiger partial charge in [-0.2, -0.15) is 0 Å². The largest absolute Gasteiger partial charge is 0.508 e. The Hall–Kier alpha value is -1.71. The van der Waals surface area contributed by atoms with E-state index >= 15 is 0 Å². The van der Waals surface area contributed by atoms with Crippen molar-refractivity contribution in [3.8, 4) is 5.75 Å². The van der Waals surface area contributed by atoms with Crippen molar-refractivity contribution in [3.63, 3.8) is 0 Å². The maximum Gasteiger partial charge on any atom is 0.407 e. The Bertz CT molecular complexity index is 325. The quantitative estimate of drug-likeness (QED) is 0.769. The minimum atomic E-state index is -0.940. The summed E-state index contributed by atoms with van der Waals surface area (Å²) in [7, 11) is 1.52. The zero-order valence-electron chi connectivity index (χ0n) is 7.97. The second kappa shape index (κ2) is 4.50. The maximum atomic E-state index is 10.5. The monoisotopic (exact) mass is 195 g/mol. The van der Waals surface area contributed by atoms with Gasteiger partial charge in [0.2, 0.25) is 0 Å². The number of hydrogen-bond acceptors (Lipinski definition) is 2. The normalized spacial score (nSPS) is 9.79. The van der Waals surface area contributed by atoms with Crippen molar-refractivity contribution in [1.82, 2.24) is 4.90 Å². The van der Waals surface area contributed by atoms with Crippen molar-refractivity contribution in [2.45, 2.75) is 6.42 Å². The Morgan fingerprint density at radius 2 is 2.21 bits per heavy atom. The molecule has 0 bridgehead atoms. The smallest absolute Gasteiger partial charge is 0.407 e. The molecule has 0 fully saturated rings. The molecule has 0 radical (unpaired) electrons. The summed E-state index contributed by atoms with van der Waals surface area (Å²) in [6, 6.07) is 6.82. The van der Waals surface area contributed by atoms with E-state index in [9.17, 15) is 4.79 Å². The standard InChI is InChI=1S/C10H13NO3/c1-11(10(13)14)6-5-8-3-2-4-9(12)7-8/h2-4,7,12H,5-6H2,1H3,(H,13,14). The van der Waals surface area contributed by atoms with Crippen molar-refractivity contribution in [3.05, 3.63) is 29.8 Å². The average Bonchev–Trinajstić information content (AvgIpc) is 2.14. The zero-order chi connectivity index (χ0) is 10.6. The molecule has 14 heavy (non-hydrogen) atoms. The molecule has 1 aromatic carbocycles. The van der Waals surface area contributed by atoms with Gasteiger partial charge in [-0.3, -0.25) is 0 Å². The number of benzene rings is 1. The third kappa shape index (κ3) is 2.97. The first-order valence-electron chi connectivity index (χ1n) is 4.31. The summed E-state index contributed by atoms with van der Waals surface area (Å²) in [4.78, 5) is 11.7. The summed E-state index contributed by atoms with van der Waals surface area (Å²) >= 11 is 0. The second-order valence-corrected chi connectivity index (χ2v) is 3.12. The van der Waals surface area contributed by atoms with Crippen molar-refractivity contribution in [2.24, 2.45) is 0 Å². The van der Waals surface area contributed by atoms with Crippen LogP contribution in [0.25, 0.3) is 0 Å². The van der Waals surface area contributed by atoms with Crippen LogP contribution in [-0.4, -0.2) is 34.8 Å². The highest BCUT2D eigenvalue weighted by molar-refractivity contribution is 5.64. The number of carboxylic acid groups (broad SMARTS) is 1. The van der Waals surface area contributed by atoms with Gasteiger partial charge in [-0.15, -0.1) is 0 Å². The summed E-state index contributed by atoms with van der Waals surface area (Å²) in [6.07, 6.45) is -0.331. The van der Waals surface area contributed by atoms with Crippen molar-refractivity contribution in [2.75, 3.05) is 13.6 Å². The molecule has 76 valence electrons. The van der Waals surface area contributed by atoms with E-state index in [1.807, 2.05) is 6.07 Å². The van der Waals surface area contributed by atoms with Gasteiger partial charge in [0, 0.05) is 13.6 Å². The molecule has 0 heterocycles. The number of amides is 1. The Balaban J connectivity index is 2.49. The molecule has 2 N–H and O–H groups in total. The van der Waals surface area contributed by atoms with E-state index in [0.717, 1.165) is 5.56 Å². The molecule has 0 unspecified atom stereocenters. The summed E-state index contributed by atoms with van der Waals surface area (Å²) in [5, 5.41) is 17.7. The Labute approximate surface area is 82.4 Å². The summed E-state index contributed by atoms with van der Waals surface area (Å²) in [6.45, 7) is 0.429. The van der Waals surface area contributed by atoms with Crippen LogP contribution in [0.3, 0.4) is 0 Å². The molecule has 1 amide bonds. The van der Waals surface area contributed by atoms with E-state index in [0.29, 0.717) is 13.0 Å². The Morgan fingerprint density at radius 1 is 1.50 bits per heavy atom. The molecule has 0 aliphatic heterocycles. The fourth-order valence-electron chi connectivity index (χ4n) is 1.10. The lowest BCUT2D eigenvalue weighted by molar-refractivity contribution is 0.156. The van der Waals surface area contributed by atoms with Gasteiger partial charge in [0.15, 0.2) is 0 Å². The summed E-state index contributed by atoms with van der Waals surface area (Å²) in [5.74, 6) is 0.209. The van der Waals surface area contributed by atoms with Gasteiger partial charge < -0.3 is 15.1 Å². The van der Waals surface area contributed by atoms with Crippen LogP contribution in [0, 0.1) is 0 Å². The molecule has 0 aliphatic carbocycles. The van der Waals surface area contributed by atoms with Gasteiger partial charge >= 0.3 is 6.09 Å². The van der Waals surface area contributed by atoms with Crippen molar-refractivity contribution in [1.29, 1.82) is 0 Å². The first-order chi connectivity index (χ1) is 6.59. The average molecular weight is 195 g/mol. The first kappa shape index (κ1) is 10.4. The highest BCUT2D eigenvalue weighted by Gasteiger charge is 2.04. The van der Waals surface area contributed by atoms with E-state index in [4.69, 9.17) is 10.2 Å². The first-order valence-corrected chi connectivity index (χ1v) is 4.31. The van der Waals surface area contributed by atoms with Crippen molar-refractivity contribution < 1.29 is 15.0 Å². The summed E-state index contributed by atoms with van der Waals surface area (Å²) < 4.78 is 0. The highest BCUT2D eigenvalue weighted by Crippen LogP contribution is 2.11. The van der Waals surface area contributed by atoms with Crippen LogP contribution >= 0.6 is 0 Å². The molecular weight excluding hydrogens is 182 g/mol. The SMILES string of the molecule is CN(CCc1cccc(O)c1)C(=O)O. The lowest BCUT2D eigenvalue weighted by Crippen LogP contribution is -2.26. The van der Waals surface area contributed by atoms with Crippen LogP contribution in [0.4, 0.5) is 4.79 Å².